The van der Waals surface area contributed by atoms with Gasteiger partial charge in [0.2, 0.25) is 0 Å². The zero-order valence-corrected chi connectivity index (χ0v) is 10.2. The fourth-order valence-corrected chi connectivity index (χ4v) is 1.69. The fraction of sp³-hybridized carbons (Fsp3) is 0.308. The molecule has 1 heterocycles. The van der Waals surface area contributed by atoms with Gasteiger partial charge in [-0.3, -0.25) is 0 Å². The second-order valence-corrected chi connectivity index (χ2v) is 4.18. The average Bonchev–Trinajstić information content (AvgIpc) is 2.83. The van der Waals surface area contributed by atoms with E-state index in [1.807, 2.05) is 42.1 Å². The first-order valence-electron chi connectivity index (χ1n) is 5.80. The minimum Gasteiger partial charge on any atom is -0.394 e. The summed E-state index contributed by atoms with van der Waals surface area (Å²) >= 11 is 0. The Morgan fingerprint density at radius 1 is 1.33 bits per heavy atom. The molecule has 0 spiro atoms. The topological polar surface area (TPSA) is 70.3 Å². The van der Waals surface area contributed by atoms with Crippen LogP contribution in [0.2, 0.25) is 0 Å². The average molecular weight is 247 g/mol. The van der Waals surface area contributed by atoms with Gasteiger partial charge >= 0.3 is 0 Å². The molecule has 5 nitrogen and oxygen atoms in total. The predicted molar refractivity (Wildman–Crippen MR) is 70.2 cm³/mol. The van der Waals surface area contributed by atoms with Crippen molar-refractivity contribution in [3.05, 3.63) is 36.8 Å². The fourth-order valence-electron chi connectivity index (χ4n) is 1.69. The van der Waals surface area contributed by atoms with Crippen LogP contribution in [-0.4, -0.2) is 39.0 Å². The van der Waals surface area contributed by atoms with Crippen molar-refractivity contribution in [2.75, 3.05) is 18.5 Å². The molecule has 0 saturated carbocycles. The highest BCUT2D eigenvalue weighted by molar-refractivity contribution is 5.62. The molecule has 0 fully saturated rings. The lowest BCUT2D eigenvalue weighted by Crippen LogP contribution is -2.22. The second-order valence-electron chi connectivity index (χ2n) is 4.18. The quantitative estimate of drug-likeness (QED) is 0.732. The summed E-state index contributed by atoms with van der Waals surface area (Å²) in [6, 6.07) is 7.86. The van der Waals surface area contributed by atoms with Gasteiger partial charge in [-0.15, -0.1) is 0 Å². The summed E-state index contributed by atoms with van der Waals surface area (Å²) in [7, 11) is 1.95. The molecule has 0 bridgehead atoms. The van der Waals surface area contributed by atoms with E-state index in [1.165, 1.54) is 0 Å². The number of benzene rings is 1. The Bertz CT molecular complexity index is 493. The van der Waals surface area contributed by atoms with Crippen molar-refractivity contribution < 1.29 is 10.2 Å². The van der Waals surface area contributed by atoms with Crippen LogP contribution in [0.25, 0.3) is 11.3 Å². The lowest BCUT2D eigenvalue weighted by atomic mass is 10.1. The third-order valence-corrected chi connectivity index (χ3v) is 2.75. The summed E-state index contributed by atoms with van der Waals surface area (Å²) in [6.07, 6.45) is 2.85. The highest BCUT2D eigenvalue weighted by Gasteiger charge is 2.03. The number of imidazole rings is 1. The maximum Gasteiger partial charge on any atom is 0.0948 e. The molecule has 1 unspecified atom stereocenters. The monoisotopic (exact) mass is 247 g/mol. The van der Waals surface area contributed by atoms with Crippen LogP contribution in [0.5, 0.6) is 0 Å². The first-order valence-corrected chi connectivity index (χ1v) is 5.80. The lowest BCUT2D eigenvalue weighted by Gasteiger charge is -2.10. The van der Waals surface area contributed by atoms with Gasteiger partial charge in [-0.25, -0.2) is 4.98 Å². The number of aromatic nitrogens is 2. The summed E-state index contributed by atoms with van der Waals surface area (Å²) in [6.45, 7) is 0.0989. The summed E-state index contributed by atoms with van der Waals surface area (Å²) in [5.41, 5.74) is 3.05. The number of aliphatic hydroxyl groups is 2. The van der Waals surface area contributed by atoms with Gasteiger partial charge in [0.05, 0.1) is 30.9 Å². The molecule has 18 heavy (non-hydrogen) atoms. The van der Waals surface area contributed by atoms with Crippen molar-refractivity contribution in [3.8, 4) is 11.3 Å². The summed E-state index contributed by atoms with van der Waals surface area (Å²) in [5.74, 6) is 0. The highest BCUT2D eigenvalue weighted by atomic mass is 16.3. The zero-order valence-electron chi connectivity index (χ0n) is 10.2. The molecule has 2 rings (SSSR count). The number of aliphatic hydroxyl groups excluding tert-OH is 2. The molecule has 3 N–H and O–H groups in total. The van der Waals surface area contributed by atoms with Crippen LogP contribution in [0.4, 0.5) is 5.69 Å². The van der Waals surface area contributed by atoms with Crippen molar-refractivity contribution in [2.45, 2.75) is 6.10 Å². The van der Waals surface area contributed by atoms with Crippen molar-refractivity contribution in [3.63, 3.8) is 0 Å². The van der Waals surface area contributed by atoms with Gasteiger partial charge in [-0.05, 0) is 17.7 Å². The Labute approximate surface area is 106 Å². The number of nitrogens with zero attached hydrogens (tertiary/aromatic N) is 2. The van der Waals surface area contributed by atoms with Crippen LogP contribution >= 0.6 is 0 Å². The number of hydrogen-bond acceptors (Lipinski definition) is 4. The minimum absolute atomic E-state index is 0.236. The Morgan fingerprint density at radius 3 is 2.61 bits per heavy atom. The van der Waals surface area contributed by atoms with E-state index in [2.05, 4.69) is 10.3 Å². The molecule has 0 radical (unpaired) electrons. The van der Waals surface area contributed by atoms with Gasteiger partial charge in [0.1, 0.15) is 0 Å². The highest BCUT2D eigenvalue weighted by Crippen LogP contribution is 2.20. The Morgan fingerprint density at radius 2 is 2.06 bits per heavy atom. The van der Waals surface area contributed by atoms with Gasteiger partial charge in [0.15, 0.2) is 0 Å². The summed E-state index contributed by atoms with van der Waals surface area (Å²) < 4.78 is 1.96. The summed E-state index contributed by atoms with van der Waals surface area (Å²) in [4.78, 5) is 4.08. The largest absolute Gasteiger partial charge is 0.394 e. The van der Waals surface area contributed by atoms with Crippen LogP contribution in [0, 0.1) is 0 Å². The van der Waals surface area contributed by atoms with Gasteiger partial charge in [-0.2, -0.15) is 0 Å². The van der Waals surface area contributed by atoms with Gasteiger partial charge in [0.25, 0.3) is 0 Å². The van der Waals surface area contributed by atoms with E-state index in [1.54, 1.807) is 6.33 Å². The normalized spacial score (nSPS) is 12.4. The van der Waals surface area contributed by atoms with Crippen LogP contribution in [0.1, 0.15) is 0 Å². The van der Waals surface area contributed by atoms with Crippen molar-refractivity contribution in [1.29, 1.82) is 0 Å². The van der Waals surface area contributed by atoms with E-state index in [-0.39, 0.29) is 6.61 Å². The molecular weight excluding hydrogens is 230 g/mol. The van der Waals surface area contributed by atoms with E-state index in [9.17, 15) is 5.11 Å². The lowest BCUT2D eigenvalue weighted by molar-refractivity contribution is 0.105. The molecule has 96 valence electrons. The number of nitrogens with one attached hydrogen (secondary N) is 1. The maximum absolute atomic E-state index is 9.24. The van der Waals surface area contributed by atoms with Crippen LogP contribution in [0.15, 0.2) is 36.8 Å². The molecule has 0 saturated heterocycles. The van der Waals surface area contributed by atoms with Crippen LogP contribution in [-0.2, 0) is 7.05 Å². The minimum atomic E-state index is -0.734. The zero-order chi connectivity index (χ0) is 13.0. The van der Waals surface area contributed by atoms with E-state index in [0.717, 1.165) is 16.9 Å². The van der Waals surface area contributed by atoms with Gasteiger partial charge < -0.3 is 20.1 Å². The Kier molecular flexibility index (Phi) is 3.96. The number of anilines is 1. The van der Waals surface area contributed by atoms with E-state index >= 15 is 0 Å². The molecule has 1 atom stereocenters. The molecule has 0 aliphatic carbocycles. The number of rotatable bonds is 5. The second kappa shape index (κ2) is 5.66. The molecule has 0 amide bonds. The first-order chi connectivity index (χ1) is 8.70. The molecule has 1 aromatic carbocycles. The summed E-state index contributed by atoms with van der Waals surface area (Å²) in [5, 5.41) is 21.0. The van der Waals surface area contributed by atoms with Crippen molar-refractivity contribution in [1.82, 2.24) is 9.55 Å². The Balaban J connectivity index is 2.04. The predicted octanol–water partition coefficient (Wildman–Crippen LogP) is 0.852. The van der Waals surface area contributed by atoms with Gasteiger partial charge in [0, 0.05) is 19.3 Å². The van der Waals surface area contributed by atoms with E-state index in [4.69, 9.17) is 5.11 Å². The third-order valence-electron chi connectivity index (χ3n) is 2.75. The molecule has 0 aliphatic rings. The van der Waals surface area contributed by atoms with Gasteiger partial charge in [-0.1, -0.05) is 12.1 Å². The molecule has 5 heteroatoms. The smallest absolute Gasteiger partial charge is 0.0948 e. The SMILES string of the molecule is Cn1cncc1-c1ccc(NCC(O)CO)cc1. The van der Waals surface area contributed by atoms with E-state index in [0.29, 0.717) is 6.54 Å². The number of aryl methyl sites for hydroxylation is 1. The van der Waals surface area contributed by atoms with Crippen molar-refractivity contribution >= 4 is 5.69 Å². The number of hydrogen-bond donors (Lipinski definition) is 3. The Hall–Kier alpha value is -1.85. The first kappa shape index (κ1) is 12.6. The van der Waals surface area contributed by atoms with E-state index < -0.39 is 6.10 Å². The van der Waals surface area contributed by atoms with Crippen molar-refractivity contribution in [2.24, 2.45) is 7.05 Å². The molecule has 2 aromatic rings. The molecule has 1 aromatic heterocycles. The van der Waals surface area contributed by atoms with Crippen LogP contribution in [0.3, 0.4) is 0 Å². The standard InChI is InChI=1S/C13H17N3O2/c1-16-9-14-7-13(16)10-2-4-11(5-3-10)15-6-12(18)8-17/h2-5,7,9,12,15,17-18H,6,8H2,1H3. The molecular formula is C13H17N3O2. The third kappa shape index (κ3) is 2.88. The maximum atomic E-state index is 9.24. The molecule has 0 aliphatic heterocycles. The van der Waals surface area contributed by atoms with Crippen LogP contribution < -0.4 is 5.32 Å².